The predicted molar refractivity (Wildman–Crippen MR) is 70.1 cm³/mol. The van der Waals surface area contributed by atoms with Gasteiger partial charge in [0.2, 0.25) is 0 Å². The summed E-state index contributed by atoms with van der Waals surface area (Å²) in [5, 5.41) is 0.996. The molecule has 0 amide bonds. The Kier molecular flexibility index (Phi) is 3.94. The van der Waals surface area contributed by atoms with Crippen LogP contribution in [0.2, 0.25) is 0 Å². The smallest absolute Gasteiger partial charge is 0.330 e. The van der Waals surface area contributed by atoms with Crippen LogP contribution in [-0.4, -0.2) is 29.5 Å². The van der Waals surface area contributed by atoms with E-state index >= 15 is 0 Å². The highest BCUT2D eigenvalue weighted by Gasteiger charge is 2.19. The van der Waals surface area contributed by atoms with Crippen molar-refractivity contribution in [3.63, 3.8) is 0 Å². The predicted octanol–water partition coefficient (Wildman–Crippen LogP) is 0.0662. The lowest BCUT2D eigenvalue weighted by molar-refractivity contribution is -0.159. The fourth-order valence-corrected chi connectivity index (χ4v) is 1.85. The van der Waals surface area contributed by atoms with Gasteiger partial charge in [0, 0.05) is 23.5 Å². The van der Waals surface area contributed by atoms with Gasteiger partial charge in [-0.15, -0.1) is 0 Å². The van der Waals surface area contributed by atoms with Gasteiger partial charge in [-0.3, -0.25) is 4.79 Å². The molecule has 6 nitrogen and oxygen atoms in total. The fourth-order valence-electron chi connectivity index (χ4n) is 1.85. The number of hydrogen-bond donors (Lipinski definition) is 3. The van der Waals surface area contributed by atoms with E-state index < -0.39 is 18.0 Å². The zero-order valence-corrected chi connectivity index (χ0v) is 10.3. The molecule has 1 aromatic carbocycles. The Hall–Kier alpha value is -2.18. The van der Waals surface area contributed by atoms with E-state index in [1.165, 1.54) is 0 Å². The Morgan fingerprint density at radius 3 is 2.79 bits per heavy atom. The van der Waals surface area contributed by atoms with Gasteiger partial charge in [0.25, 0.3) is 0 Å². The van der Waals surface area contributed by atoms with Gasteiger partial charge in [0.1, 0.15) is 6.04 Å². The van der Waals surface area contributed by atoms with Crippen LogP contribution in [0.1, 0.15) is 5.56 Å². The number of H-pyrrole nitrogens is 1. The van der Waals surface area contributed by atoms with Crippen molar-refractivity contribution in [3.8, 4) is 0 Å². The van der Waals surface area contributed by atoms with Crippen LogP contribution in [0.5, 0.6) is 0 Å². The summed E-state index contributed by atoms with van der Waals surface area (Å²) in [5.74, 6) is -1.54. The number of carbonyl (C=O) groups is 2. The Bertz CT molecular complexity index is 606. The summed E-state index contributed by atoms with van der Waals surface area (Å²) in [4.78, 5) is 25.5. The first-order chi connectivity index (χ1) is 9.11. The van der Waals surface area contributed by atoms with Crippen LogP contribution in [0, 0.1) is 0 Å². The average molecular weight is 261 g/mol. The topological polar surface area (TPSA) is 111 Å². The van der Waals surface area contributed by atoms with Crippen molar-refractivity contribution in [1.29, 1.82) is 0 Å². The molecule has 0 saturated carbocycles. The van der Waals surface area contributed by atoms with E-state index in [1.54, 1.807) is 6.20 Å². The number of nitrogens with one attached hydrogen (secondary N) is 1. The largest absolute Gasteiger partial charge is 0.391 e. The summed E-state index contributed by atoms with van der Waals surface area (Å²) in [7, 11) is 0. The lowest BCUT2D eigenvalue weighted by Crippen LogP contribution is -2.36. The SMILES string of the molecule is NCC(=O)OC(=O)[C@@H](N)Cc1c[nH]c2ccccc12. The van der Waals surface area contributed by atoms with Crippen molar-refractivity contribution in [3.05, 3.63) is 36.0 Å². The van der Waals surface area contributed by atoms with Crippen molar-refractivity contribution in [2.75, 3.05) is 6.54 Å². The van der Waals surface area contributed by atoms with Crippen LogP contribution < -0.4 is 11.5 Å². The maximum absolute atomic E-state index is 11.5. The standard InChI is InChI=1S/C13H15N3O3/c14-6-12(17)19-13(18)10(15)5-8-7-16-11-4-2-1-3-9(8)11/h1-4,7,10,16H,5-6,14-15H2/t10-/m0/s1. The monoisotopic (exact) mass is 261 g/mol. The molecule has 5 N–H and O–H groups in total. The van der Waals surface area contributed by atoms with Crippen LogP contribution in [0.4, 0.5) is 0 Å². The molecule has 1 aromatic heterocycles. The van der Waals surface area contributed by atoms with Crippen molar-refractivity contribution < 1.29 is 14.3 Å². The van der Waals surface area contributed by atoms with Gasteiger partial charge in [-0.05, 0) is 11.6 Å². The molecule has 0 saturated heterocycles. The second-order valence-corrected chi connectivity index (χ2v) is 4.17. The fraction of sp³-hybridized carbons (Fsp3) is 0.231. The molecule has 0 aliphatic heterocycles. The molecule has 1 heterocycles. The van der Waals surface area contributed by atoms with Crippen LogP contribution in [0.15, 0.2) is 30.5 Å². The summed E-state index contributed by atoms with van der Waals surface area (Å²) in [6.45, 7) is -0.342. The molecule has 2 rings (SSSR count). The van der Waals surface area contributed by atoms with Gasteiger partial charge in [-0.1, -0.05) is 18.2 Å². The minimum Gasteiger partial charge on any atom is -0.391 e. The summed E-state index contributed by atoms with van der Waals surface area (Å²) in [5.41, 5.74) is 12.7. The molecule has 2 aromatic rings. The number of fused-ring (bicyclic) bond motifs is 1. The number of hydrogen-bond acceptors (Lipinski definition) is 5. The zero-order valence-electron chi connectivity index (χ0n) is 10.3. The van der Waals surface area contributed by atoms with Crippen molar-refractivity contribution >= 4 is 22.8 Å². The maximum atomic E-state index is 11.5. The molecule has 19 heavy (non-hydrogen) atoms. The summed E-state index contributed by atoms with van der Waals surface area (Å²) in [6.07, 6.45) is 2.09. The van der Waals surface area contributed by atoms with Gasteiger partial charge in [-0.2, -0.15) is 0 Å². The number of para-hydroxylation sites is 1. The van der Waals surface area contributed by atoms with Crippen LogP contribution in [-0.2, 0) is 20.7 Å². The second kappa shape index (κ2) is 5.64. The average Bonchev–Trinajstić information content (AvgIpc) is 2.82. The highest BCUT2D eigenvalue weighted by atomic mass is 16.6. The van der Waals surface area contributed by atoms with Crippen molar-refractivity contribution in [2.24, 2.45) is 11.5 Å². The molecule has 1 atom stereocenters. The molecular formula is C13H15N3O3. The van der Waals surface area contributed by atoms with Crippen LogP contribution >= 0.6 is 0 Å². The molecule has 0 fully saturated rings. The zero-order chi connectivity index (χ0) is 13.8. The van der Waals surface area contributed by atoms with E-state index in [1.807, 2.05) is 24.3 Å². The Morgan fingerprint density at radius 1 is 1.32 bits per heavy atom. The molecule has 0 spiro atoms. The van der Waals surface area contributed by atoms with E-state index in [9.17, 15) is 9.59 Å². The Morgan fingerprint density at radius 2 is 2.05 bits per heavy atom. The highest BCUT2D eigenvalue weighted by molar-refractivity contribution is 5.90. The van der Waals surface area contributed by atoms with Crippen LogP contribution in [0.25, 0.3) is 10.9 Å². The molecule has 0 bridgehead atoms. The Labute approximate surface area is 109 Å². The highest BCUT2D eigenvalue weighted by Crippen LogP contribution is 2.18. The third-order valence-electron chi connectivity index (χ3n) is 2.80. The van der Waals surface area contributed by atoms with Gasteiger partial charge in [0.05, 0.1) is 6.54 Å². The number of ether oxygens (including phenoxy) is 1. The molecular weight excluding hydrogens is 246 g/mol. The number of rotatable bonds is 4. The summed E-state index contributed by atoms with van der Waals surface area (Å²) in [6, 6.07) is 6.79. The number of nitrogens with two attached hydrogens (primary N) is 2. The first-order valence-corrected chi connectivity index (χ1v) is 5.87. The molecule has 0 radical (unpaired) electrons. The maximum Gasteiger partial charge on any atom is 0.330 e. The lowest BCUT2D eigenvalue weighted by atomic mass is 10.1. The van der Waals surface area contributed by atoms with Gasteiger partial charge in [-0.25, -0.2) is 4.79 Å². The van der Waals surface area contributed by atoms with Gasteiger partial charge >= 0.3 is 11.9 Å². The normalized spacial score (nSPS) is 12.3. The van der Waals surface area contributed by atoms with Gasteiger partial charge in [0.15, 0.2) is 0 Å². The van der Waals surface area contributed by atoms with E-state index in [0.29, 0.717) is 6.42 Å². The van der Waals surface area contributed by atoms with E-state index in [4.69, 9.17) is 11.5 Å². The van der Waals surface area contributed by atoms with Crippen molar-refractivity contribution in [1.82, 2.24) is 4.98 Å². The molecule has 0 aliphatic carbocycles. The molecule has 100 valence electrons. The lowest BCUT2D eigenvalue weighted by Gasteiger charge is -2.09. The van der Waals surface area contributed by atoms with Crippen molar-refractivity contribution in [2.45, 2.75) is 12.5 Å². The number of esters is 2. The molecule has 6 heteroatoms. The third-order valence-corrected chi connectivity index (χ3v) is 2.80. The van der Waals surface area contributed by atoms with Gasteiger partial charge < -0.3 is 21.2 Å². The minimum atomic E-state index is -0.894. The van der Waals surface area contributed by atoms with Crippen LogP contribution in [0.3, 0.4) is 0 Å². The summed E-state index contributed by atoms with van der Waals surface area (Å²) < 4.78 is 4.48. The second-order valence-electron chi connectivity index (χ2n) is 4.17. The van der Waals surface area contributed by atoms with E-state index in [2.05, 4.69) is 9.72 Å². The number of carbonyl (C=O) groups excluding carboxylic acids is 2. The van der Waals surface area contributed by atoms with E-state index in [-0.39, 0.29) is 6.54 Å². The minimum absolute atomic E-state index is 0.292. The number of benzene rings is 1. The first-order valence-electron chi connectivity index (χ1n) is 5.87. The summed E-state index contributed by atoms with van der Waals surface area (Å²) >= 11 is 0. The first kappa shape index (κ1) is 13.3. The Balaban J connectivity index is 2.08. The molecule has 0 aliphatic rings. The third kappa shape index (κ3) is 2.98. The molecule has 0 unspecified atom stereocenters. The van der Waals surface area contributed by atoms with E-state index in [0.717, 1.165) is 16.5 Å². The number of aromatic amines is 1. The number of aromatic nitrogens is 1. The quantitative estimate of drug-likeness (QED) is 0.532.